The molecular weight excluding hydrogens is 468 g/mol. The quantitative estimate of drug-likeness (QED) is 0.288. The number of carbonyl (C=O) groups is 1. The molecule has 0 atom stereocenters. The van der Waals surface area contributed by atoms with Gasteiger partial charge in [0.1, 0.15) is 11.3 Å². The first-order valence-corrected chi connectivity index (χ1v) is 11.7. The van der Waals surface area contributed by atoms with Crippen LogP contribution in [0.25, 0.3) is 27.7 Å². The van der Waals surface area contributed by atoms with Gasteiger partial charge in [-0.25, -0.2) is 0 Å². The average Bonchev–Trinajstić information content (AvgIpc) is 3.17. The summed E-state index contributed by atoms with van der Waals surface area (Å²) in [7, 11) is 4.05. The number of aryl methyl sites for hydroxylation is 1. The third-order valence-corrected chi connectivity index (χ3v) is 5.82. The van der Waals surface area contributed by atoms with Crippen LogP contribution in [0.4, 0.5) is 0 Å². The van der Waals surface area contributed by atoms with Crippen molar-refractivity contribution in [2.24, 2.45) is 0 Å². The van der Waals surface area contributed by atoms with E-state index in [1.165, 1.54) is 0 Å². The number of fused-ring (bicyclic) bond motifs is 1. The molecule has 170 valence electrons. The lowest BCUT2D eigenvalue weighted by Gasteiger charge is -2.15. The first kappa shape index (κ1) is 24.1. The molecule has 0 aliphatic heterocycles. The number of benzene rings is 2. The summed E-state index contributed by atoms with van der Waals surface area (Å²) in [6.45, 7) is 8.01. The minimum atomic E-state index is -0.0964. The molecule has 32 heavy (non-hydrogen) atoms. The second-order valence-electron chi connectivity index (χ2n) is 8.12. The minimum Gasteiger partial charge on any atom is -0.493 e. The molecule has 3 aromatic rings. The number of carbonyl (C=O) groups excluding carboxylic acids is 1. The highest BCUT2D eigenvalue weighted by atomic mass is 79.9. The lowest BCUT2D eigenvalue weighted by atomic mass is 9.96. The molecule has 0 saturated carbocycles. The lowest BCUT2D eigenvalue weighted by Crippen LogP contribution is -2.25. The van der Waals surface area contributed by atoms with Crippen LogP contribution in [-0.2, 0) is 4.79 Å². The van der Waals surface area contributed by atoms with Crippen molar-refractivity contribution in [2.45, 2.75) is 27.2 Å². The number of halogens is 1. The van der Waals surface area contributed by atoms with Crippen LogP contribution in [0.5, 0.6) is 5.75 Å². The lowest BCUT2D eigenvalue weighted by molar-refractivity contribution is -0.116. The Labute approximate surface area is 198 Å². The van der Waals surface area contributed by atoms with Gasteiger partial charge in [-0.05, 0) is 77.2 Å². The van der Waals surface area contributed by atoms with Crippen LogP contribution in [0, 0.1) is 6.92 Å². The Hall–Kier alpha value is -2.57. The molecule has 6 heteroatoms. The Morgan fingerprint density at radius 2 is 2.06 bits per heavy atom. The third kappa shape index (κ3) is 5.61. The van der Waals surface area contributed by atoms with Gasteiger partial charge in [0.25, 0.3) is 0 Å². The van der Waals surface area contributed by atoms with E-state index < -0.39 is 0 Å². The summed E-state index contributed by atoms with van der Waals surface area (Å²) in [5.74, 6) is 0.658. The number of amides is 1. The Bertz CT molecular complexity index is 1130. The maximum atomic E-state index is 12.5. The number of allylic oxidation sites excluding steroid dienone is 1. The van der Waals surface area contributed by atoms with Crippen LogP contribution in [0.15, 0.2) is 51.6 Å². The van der Waals surface area contributed by atoms with Gasteiger partial charge in [0.2, 0.25) is 5.91 Å². The number of nitrogens with zero attached hydrogens (tertiary/aromatic N) is 1. The molecule has 0 saturated heterocycles. The Morgan fingerprint density at radius 3 is 2.75 bits per heavy atom. The molecule has 0 aliphatic rings. The molecule has 5 nitrogen and oxygen atoms in total. The zero-order valence-electron chi connectivity index (χ0n) is 19.4. The van der Waals surface area contributed by atoms with Gasteiger partial charge in [0, 0.05) is 39.2 Å². The SMILES string of the molecule is CCOc1c(/C(C)=C/C(=O)NCCCN(C)C)cc2c(-c3cccc(Br)c3)coc2c1C. The number of furan rings is 1. The van der Waals surface area contributed by atoms with Crippen LogP contribution < -0.4 is 10.1 Å². The van der Waals surface area contributed by atoms with E-state index in [-0.39, 0.29) is 5.91 Å². The molecule has 0 aliphatic carbocycles. The van der Waals surface area contributed by atoms with E-state index in [1.54, 1.807) is 12.3 Å². The number of nitrogens with one attached hydrogen (secondary N) is 1. The molecule has 0 unspecified atom stereocenters. The number of hydrogen-bond donors (Lipinski definition) is 1. The maximum absolute atomic E-state index is 12.5. The van der Waals surface area contributed by atoms with Gasteiger partial charge in [0.15, 0.2) is 0 Å². The van der Waals surface area contributed by atoms with Gasteiger partial charge in [-0.15, -0.1) is 0 Å². The van der Waals surface area contributed by atoms with Gasteiger partial charge in [-0.1, -0.05) is 28.1 Å². The molecule has 1 amide bonds. The van der Waals surface area contributed by atoms with Crippen molar-refractivity contribution in [3.63, 3.8) is 0 Å². The van der Waals surface area contributed by atoms with Gasteiger partial charge in [-0.2, -0.15) is 0 Å². The van der Waals surface area contributed by atoms with Crippen LogP contribution >= 0.6 is 15.9 Å². The van der Waals surface area contributed by atoms with Gasteiger partial charge in [-0.3, -0.25) is 4.79 Å². The summed E-state index contributed by atoms with van der Waals surface area (Å²) in [6, 6.07) is 10.2. The number of rotatable bonds is 9. The molecule has 1 aromatic heterocycles. The summed E-state index contributed by atoms with van der Waals surface area (Å²) in [4.78, 5) is 14.6. The second-order valence-corrected chi connectivity index (χ2v) is 9.04. The highest BCUT2D eigenvalue weighted by molar-refractivity contribution is 9.10. The van der Waals surface area contributed by atoms with Crippen LogP contribution in [0.1, 0.15) is 31.4 Å². The fourth-order valence-corrected chi connectivity index (χ4v) is 4.15. The number of ether oxygens (including phenoxy) is 1. The van der Waals surface area contributed by atoms with Crippen LogP contribution in [0.2, 0.25) is 0 Å². The molecule has 0 spiro atoms. The standard InChI is InChI=1S/C26H31BrN2O3/c1-6-31-25-18(3)26-22(23(16-32-26)19-9-7-10-20(27)14-19)15-21(25)17(2)13-24(30)28-11-8-12-29(4)5/h7,9-10,13-16H,6,8,11-12H2,1-5H3,(H,28,30)/b17-13+. The summed E-state index contributed by atoms with van der Waals surface area (Å²) in [6.07, 6.45) is 4.35. The van der Waals surface area contributed by atoms with E-state index >= 15 is 0 Å². The Balaban J connectivity index is 1.99. The normalized spacial score (nSPS) is 11.9. The fraction of sp³-hybridized carbons (Fsp3) is 0.346. The minimum absolute atomic E-state index is 0.0964. The Kier molecular flexibility index (Phi) is 8.15. The summed E-state index contributed by atoms with van der Waals surface area (Å²) >= 11 is 3.55. The van der Waals surface area contributed by atoms with Crippen molar-refractivity contribution in [1.29, 1.82) is 0 Å². The van der Waals surface area contributed by atoms with E-state index in [4.69, 9.17) is 9.15 Å². The Morgan fingerprint density at radius 1 is 1.28 bits per heavy atom. The molecule has 1 N–H and O–H groups in total. The van der Waals surface area contributed by atoms with Gasteiger partial charge in [0.05, 0.1) is 12.9 Å². The van der Waals surface area contributed by atoms with Gasteiger partial charge >= 0.3 is 0 Å². The first-order chi connectivity index (χ1) is 15.3. The predicted octanol–water partition coefficient (Wildman–Crippen LogP) is 6.04. The van der Waals surface area contributed by atoms with Crippen LogP contribution in [0.3, 0.4) is 0 Å². The van der Waals surface area contributed by atoms with Crippen molar-refractivity contribution in [3.05, 3.63) is 58.3 Å². The monoisotopic (exact) mass is 498 g/mol. The van der Waals surface area contributed by atoms with Crippen molar-refractivity contribution in [3.8, 4) is 16.9 Å². The second kappa shape index (κ2) is 10.8. The molecule has 1 heterocycles. The van der Waals surface area contributed by atoms with E-state index in [0.29, 0.717) is 13.2 Å². The highest BCUT2D eigenvalue weighted by Crippen LogP contribution is 2.41. The molecule has 0 bridgehead atoms. The molecule has 0 fully saturated rings. The zero-order chi connectivity index (χ0) is 23.3. The zero-order valence-corrected chi connectivity index (χ0v) is 21.0. The van der Waals surface area contributed by atoms with E-state index in [9.17, 15) is 4.79 Å². The molecular formula is C26H31BrN2O3. The largest absolute Gasteiger partial charge is 0.493 e. The van der Waals surface area contributed by atoms with E-state index in [2.05, 4.69) is 44.3 Å². The van der Waals surface area contributed by atoms with Crippen LogP contribution in [-0.4, -0.2) is 44.6 Å². The van der Waals surface area contributed by atoms with Crippen molar-refractivity contribution >= 4 is 38.4 Å². The first-order valence-electron chi connectivity index (χ1n) is 10.9. The fourth-order valence-electron chi connectivity index (χ4n) is 3.75. The summed E-state index contributed by atoms with van der Waals surface area (Å²) < 4.78 is 13.0. The smallest absolute Gasteiger partial charge is 0.244 e. The molecule has 0 radical (unpaired) electrons. The van der Waals surface area contributed by atoms with Crippen molar-refractivity contribution < 1.29 is 13.9 Å². The van der Waals surface area contributed by atoms with E-state index in [1.807, 2.05) is 47.0 Å². The maximum Gasteiger partial charge on any atom is 0.244 e. The predicted molar refractivity (Wildman–Crippen MR) is 135 cm³/mol. The molecule has 2 aromatic carbocycles. The van der Waals surface area contributed by atoms with Crippen molar-refractivity contribution in [2.75, 3.05) is 33.8 Å². The average molecular weight is 499 g/mol. The van der Waals surface area contributed by atoms with E-state index in [0.717, 1.165) is 62.0 Å². The number of hydrogen-bond acceptors (Lipinski definition) is 4. The topological polar surface area (TPSA) is 54.7 Å². The summed E-state index contributed by atoms with van der Waals surface area (Å²) in [5.41, 5.74) is 5.55. The summed E-state index contributed by atoms with van der Waals surface area (Å²) in [5, 5.41) is 3.97. The van der Waals surface area contributed by atoms with Gasteiger partial charge < -0.3 is 19.4 Å². The molecule has 3 rings (SSSR count). The van der Waals surface area contributed by atoms with Crippen molar-refractivity contribution in [1.82, 2.24) is 10.2 Å². The highest BCUT2D eigenvalue weighted by Gasteiger charge is 2.19. The third-order valence-electron chi connectivity index (χ3n) is 5.32.